The molecule has 0 atom stereocenters. The van der Waals surface area contributed by atoms with Crippen LogP contribution >= 0.6 is 0 Å². The molecule has 0 saturated heterocycles. The number of hydrogen-bond donors (Lipinski definition) is 0. The molecule has 0 unspecified atom stereocenters. The van der Waals surface area contributed by atoms with Gasteiger partial charge in [-0.2, -0.15) is 0 Å². The van der Waals surface area contributed by atoms with Gasteiger partial charge in [0.15, 0.2) is 0 Å². The van der Waals surface area contributed by atoms with Crippen molar-refractivity contribution < 1.29 is 13.7 Å². The average molecular weight is 310 g/mol. The van der Waals surface area contributed by atoms with Crippen LogP contribution in [0.1, 0.15) is 21.8 Å². The fourth-order valence-electron chi connectivity index (χ4n) is 2.86. The number of carbonyl (C=O) groups is 1. The molecule has 7 nitrogen and oxygen atoms in total. The van der Waals surface area contributed by atoms with Crippen molar-refractivity contribution in [2.24, 2.45) is 0 Å². The highest BCUT2D eigenvalue weighted by molar-refractivity contribution is 5.91. The van der Waals surface area contributed by atoms with Crippen LogP contribution < -0.4 is 0 Å². The Morgan fingerprint density at radius 2 is 2.09 bits per heavy atom. The van der Waals surface area contributed by atoms with Crippen LogP contribution in [0.15, 0.2) is 46.1 Å². The molecule has 0 radical (unpaired) electrons. The minimum Gasteiger partial charge on any atom is -0.472 e. The SMILES string of the molecule is O=C(c1ccno1)N1CCc2ncnc(-c3ccoc3)c2CC1. The number of rotatable bonds is 2. The second-order valence-corrected chi connectivity index (χ2v) is 5.33. The molecule has 1 amide bonds. The molecule has 1 aliphatic rings. The van der Waals surface area contributed by atoms with E-state index in [4.69, 9.17) is 8.94 Å². The van der Waals surface area contributed by atoms with E-state index >= 15 is 0 Å². The zero-order chi connectivity index (χ0) is 15.6. The van der Waals surface area contributed by atoms with Crippen LogP contribution in [0.3, 0.4) is 0 Å². The van der Waals surface area contributed by atoms with Crippen molar-refractivity contribution in [3.63, 3.8) is 0 Å². The van der Waals surface area contributed by atoms with Gasteiger partial charge in [0.25, 0.3) is 5.91 Å². The van der Waals surface area contributed by atoms with Gasteiger partial charge in [0.2, 0.25) is 5.76 Å². The van der Waals surface area contributed by atoms with Crippen molar-refractivity contribution in [1.29, 1.82) is 0 Å². The van der Waals surface area contributed by atoms with Gasteiger partial charge >= 0.3 is 0 Å². The summed E-state index contributed by atoms with van der Waals surface area (Å²) >= 11 is 0. The van der Waals surface area contributed by atoms with Crippen molar-refractivity contribution in [3.05, 3.63) is 54.2 Å². The van der Waals surface area contributed by atoms with Gasteiger partial charge in [-0.25, -0.2) is 9.97 Å². The second-order valence-electron chi connectivity index (χ2n) is 5.33. The lowest BCUT2D eigenvalue weighted by Crippen LogP contribution is -2.33. The molecule has 7 heteroatoms. The van der Waals surface area contributed by atoms with E-state index < -0.39 is 0 Å². The summed E-state index contributed by atoms with van der Waals surface area (Å²) in [5, 5.41) is 3.59. The van der Waals surface area contributed by atoms with Gasteiger partial charge in [0.1, 0.15) is 6.33 Å². The van der Waals surface area contributed by atoms with Crippen molar-refractivity contribution in [2.75, 3.05) is 13.1 Å². The third kappa shape index (κ3) is 2.50. The summed E-state index contributed by atoms with van der Waals surface area (Å²) in [5.41, 5.74) is 3.85. The molecule has 0 fully saturated rings. The third-order valence-electron chi connectivity index (χ3n) is 4.02. The highest BCUT2D eigenvalue weighted by Crippen LogP contribution is 2.26. The van der Waals surface area contributed by atoms with Gasteiger partial charge in [0.05, 0.1) is 24.4 Å². The molecule has 4 rings (SSSR count). The number of aromatic nitrogens is 3. The Morgan fingerprint density at radius 1 is 1.17 bits per heavy atom. The van der Waals surface area contributed by atoms with Gasteiger partial charge in [0, 0.05) is 42.4 Å². The van der Waals surface area contributed by atoms with Crippen LogP contribution in [0.4, 0.5) is 0 Å². The summed E-state index contributed by atoms with van der Waals surface area (Å²) in [7, 11) is 0. The Hall–Kier alpha value is -2.96. The van der Waals surface area contributed by atoms with Crippen molar-refractivity contribution >= 4 is 5.91 Å². The third-order valence-corrected chi connectivity index (χ3v) is 4.02. The highest BCUT2D eigenvalue weighted by atomic mass is 16.5. The van der Waals surface area contributed by atoms with Gasteiger partial charge in [-0.05, 0) is 12.5 Å². The molecule has 0 spiro atoms. The Labute approximate surface area is 131 Å². The summed E-state index contributed by atoms with van der Waals surface area (Å²) < 4.78 is 10.1. The van der Waals surface area contributed by atoms with E-state index in [1.54, 1.807) is 29.8 Å². The first kappa shape index (κ1) is 13.7. The molecule has 3 aromatic heterocycles. The van der Waals surface area contributed by atoms with Crippen molar-refractivity contribution in [2.45, 2.75) is 12.8 Å². The van der Waals surface area contributed by atoms with E-state index in [0.29, 0.717) is 25.9 Å². The van der Waals surface area contributed by atoms with E-state index in [1.165, 1.54) is 6.20 Å². The highest BCUT2D eigenvalue weighted by Gasteiger charge is 2.24. The quantitative estimate of drug-likeness (QED) is 0.719. The first-order valence-corrected chi connectivity index (χ1v) is 7.38. The van der Waals surface area contributed by atoms with Gasteiger partial charge in [-0.15, -0.1) is 0 Å². The lowest BCUT2D eigenvalue weighted by molar-refractivity contribution is 0.0721. The topological polar surface area (TPSA) is 85.3 Å². The molecule has 3 aromatic rings. The van der Waals surface area contributed by atoms with E-state index in [0.717, 1.165) is 22.5 Å². The Balaban J connectivity index is 1.62. The van der Waals surface area contributed by atoms with Crippen LogP contribution in [-0.2, 0) is 12.8 Å². The largest absolute Gasteiger partial charge is 0.472 e. The first-order valence-electron chi connectivity index (χ1n) is 7.38. The number of fused-ring (bicyclic) bond motifs is 1. The Bertz CT molecular complexity index is 812. The fraction of sp³-hybridized carbons (Fsp3) is 0.250. The molecule has 23 heavy (non-hydrogen) atoms. The van der Waals surface area contributed by atoms with Crippen LogP contribution in [-0.4, -0.2) is 39.0 Å². The molecular weight excluding hydrogens is 296 g/mol. The summed E-state index contributed by atoms with van der Waals surface area (Å²) in [6, 6.07) is 3.46. The van der Waals surface area contributed by atoms with Crippen LogP contribution in [0.5, 0.6) is 0 Å². The lowest BCUT2D eigenvalue weighted by Gasteiger charge is -2.18. The summed E-state index contributed by atoms with van der Waals surface area (Å²) in [6.07, 6.45) is 7.71. The van der Waals surface area contributed by atoms with Crippen molar-refractivity contribution in [1.82, 2.24) is 20.0 Å². The minimum atomic E-state index is -0.145. The predicted octanol–water partition coefficient (Wildman–Crippen LogP) is 1.97. The predicted molar refractivity (Wildman–Crippen MR) is 79.5 cm³/mol. The zero-order valence-corrected chi connectivity index (χ0v) is 12.3. The maximum Gasteiger partial charge on any atom is 0.292 e. The molecule has 116 valence electrons. The fourth-order valence-corrected chi connectivity index (χ4v) is 2.86. The lowest BCUT2D eigenvalue weighted by atomic mass is 10.0. The first-order chi connectivity index (χ1) is 11.3. The minimum absolute atomic E-state index is 0.145. The van der Waals surface area contributed by atoms with Gasteiger partial charge < -0.3 is 13.8 Å². The summed E-state index contributed by atoms with van der Waals surface area (Å²) in [6.45, 7) is 1.18. The Kier molecular flexibility index (Phi) is 3.38. The maximum absolute atomic E-state index is 12.4. The van der Waals surface area contributed by atoms with E-state index in [-0.39, 0.29) is 11.7 Å². The summed E-state index contributed by atoms with van der Waals surface area (Å²) in [5.74, 6) is 0.116. The van der Waals surface area contributed by atoms with Gasteiger partial charge in [-0.1, -0.05) is 5.16 Å². The summed E-state index contributed by atoms with van der Waals surface area (Å²) in [4.78, 5) is 23.0. The standard InChI is InChI=1S/C16H14N4O3/c21-16(14-1-5-19-23-14)20-6-2-12-13(3-7-20)17-10-18-15(12)11-4-8-22-9-11/h1,4-5,8-10H,2-3,6-7H2. The van der Waals surface area contributed by atoms with E-state index in [2.05, 4.69) is 15.1 Å². The molecule has 1 aliphatic heterocycles. The zero-order valence-electron chi connectivity index (χ0n) is 12.3. The molecular formula is C16H14N4O3. The normalized spacial score (nSPS) is 14.3. The number of amides is 1. The second kappa shape index (κ2) is 5.68. The van der Waals surface area contributed by atoms with Crippen molar-refractivity contribution in [3.8, 4) is 11.3 Å². The van der Waals surface area contributed by atoms with Crippen LogP contribution in [0.2, 0.25) is 0 Å². The number of furan rings is 1. The van der Waals surface area contributed by atoms with Crippen LogP contribution in [0.25, 0.3) is 11.3 Å². The monoisotopic (exact) mass is 310 g/mol. The average Bonchev–Trinajstić information content (AvgIpc) is 3.24. The number of hydrogen-bond acceptors (Lipinski definition) is 6. The molecule has 0 N–H and O–H groups in total. The molecule has 0 aromatic carbocycles. The molecule has 0 saturated carbocycles. The molecule has 0 aliphatic carbocycles. The van der Waals surface area contributed by atoms with E-state index in [1.807, 2.05) is 6.07 Å². The number of nitrogens with zero attached hydrogens (tertiary/aromatic N) is 4. The van der Waals surface area contributed by atoms with Crippen LogP contribution in [0, 0.1) is 0 Å². The smallest absolute Gasteiger partial charge is 0.292 e. The molecule has 4 heterocycles. The maximum atomic E-state index is 12.4. The Morgan fingerprint density at radius 3 is 2.87 bits per heavy atom. The molecule has 0 bridgehead atoms. The number of carbonyl (C=O) groups excluding carboxylic acids is 1. The van der Waals surface area contributed by atoms with E-state index in [9.17, 15) is 4.79 Å². The van der Waals surface area contributed by atoms with Gasteiger partial charge in [-0.3, -0.25) is 4.79 Å².